The van der Waals surface area contributed by atoms with Gasteiger partial charge in [0.15, 0.2) is 0 Å². The van der Waals surface area contributed by atoms with Gasteiger partial charge in [-0.25, -0.2) is 14.8 Å². The van der Waals surface area contributed by atoms with Crippen molar-refractivity contribution in [3.63, 3.8) is 0 Å². The molecule has 5 heterocycles. The lowest BCUT2D eigenvalue weighted by Gasteiger charge is -2.32. The Morgan fingerprint density at radius 2 is 1.91 bits per heavy atom. The fourth-order valence-corrected chi connectivity index (χ4v) is 5.52. The zero-order valence-electron chi connectivity index (χ0n) is 24.2. The smallest absolute Gasteiger partial charge is 0.433 e. The molecular formula is C30H29F3N8O4. The van der Waals surface area contributed by atoms with Crippen LogP contribution in [0.4, 0.5) is 29.5 Å². The van der Waals surface area contributed by atoms with Gasteiger partial charge in [0.1, 0.15) is 23.0 Å². The summed E-state index contributed by atoms with van der Waals surface area (Å²) in [4.78, 5) is 48.0. The number of nitrogens with zero attached hydrogens (tertiary/aromatic N) is 6. The summed E-state index contributed by atoms with van der Waals surface area (Å²) in [5.74, 6) is -0.270. The minimum atomic E-state index is -4.67. The molecule has 0 bridgehead atoms. The van der Waals surface area contributed by atoms with Crippen molar-refractivity contribution in [2.45, 2.75) is 38.0 Å². The molecule has 2 N–H and O–H groups in total. The number of benzene rings is 1. The first-order chi connectivity index (χ1) is 21.6. The largest absolute Gasteiger partial charge is 0.494 e. The highest BCUT2D eigenvalue weighted by atomic mass is 19.4. The molecule has 0 radical (unpaired) electrons. The number of amides is 4. The molecule has 234 valence electrons. The maximum absolute atomic E-state index is 13.1. The molecule has 2 fully saturated rings. The fraction of sp³-hybridized carbons (Fsp3) is 0.333. The van der Waals surface area contributed by atoms with Crippen molar-refractivity contribution in [3.8, 4) is 5.75 Å². The van der Waals surface area contributed by atoms with E-state index in [9.17, 15) is 27.6 Å². The van der Waals surface area contributed by atoms with Crippen LogP contribution in [0.3, 0.4) is 0 Å². The normalized spacial score (nSPS) is 16.6. The molecule has 15 heteroatoms. The van der Waals surface area contributed by atoms with E-state index in [0.29, 0.717) is 23.6 Å². The molecule has 4 amide bonds. The first-order valence-electron chi connectivity index (χ1n) is 14.3. The highest BCUT2D eigenvalue weighted by molar-refractivity contribution is 6.05. The zero-order valence-corrected chi connectivity index (χ0v) is 24.2. The predicted molar refractivity (Wildman–Crippen MR) is 157 cm³/mol. The SMILES string of the molecule is COc1cc2nn(C3CCN(Cc4ccnc(N5CCC(=O)NC5=O)c4)CC3)cc2cc1NC(=O)c1cccc(C(F)(F)F)n1. The molecule has 2 aliphatic rings. The first-order valence-corrected chi connectivity index (χ1v) is 14.3. The monoisotopic (exact) mass is 622 g/mol. The maximum atomic E-state index is 13.1. The molecule has 0 unspecified atom stereocenters. The Labute approximate surface area is 255 Å². The number of nitrogens with one attached hydrogen (secondary N) is 2. The van der Waals surface area contributed by atoms with Crippen molar-refractivity contribution in [2.24, 2.45) is 0 Å². The van der Waals surface area contributed by atoms with Crippen LogP contribution in [0.1, 0.15) is 47.1 Å². The molecule has 0 saturated carbocycles. The second-order valence-electron chi connectivity index (χ2n) is 10.9. The number of ether oxygens (including phenoxy) is 1. The third-order valence-corrected chi connectivity index (χ3v) is 7.84. The van der Waals surface area contributed by atoms with Crippen LogP contribution in [0.15, 0.2) is 54.9 Å². The molecule has 1 aromatic carbocycles. The highest BCUT2D eigenvalue weighted by Crippen LogP contribution is 2.33. The highest BCUT2D eigenvalue weighted by Gasteiger charge is 2.33. The van der Waals surface area contributed by atoms with Crippen molar-refractivity contribution in [1.82, 2.24) is 30.0 Å². The topological polar surface area (TPSA) is 135 Å². The summed E-state index contributed by atoms with van der Waals surface area (Å²) < 4.78 is 46.6. The summed E-state index contributed by atoms with van der Waals surface area (Å²) in [6.07, 6.45) is 0.785. The summed E-state index contributed by atoms with van der Waals surface area (Å²) in [6, 6.07) is 9.95. The summed E-state index contributed by atoms with van der Waals surface area (Å²) in [5, 5.41) is 10.4. The Balaban J connectivity index is 1.11. The average molecular weight is 623 g/mol. The molecule has 2 saturated heterocycles. The van der Waals surface area contributed by atoms with E-state index < -0.39 is 23.8 Å². The van der Waals surface area contributed by atoms with Gasteiger partial charge < -0.3 is 10.1 Å². The molecule has 4 aromatic rings. The number of carbonyl (C=O) groups is 3. The van der Waals surface area contributed by atoms with Gasteiger partial charge in [-0.1, -0.05) is 6.07 Å². The molecule has 2 aliphatic heterocycles. The van der Waals surface area contributed by atoms with Gasteiger partial charge in [-0.2, -0.15) is 18.3 Å². The summed E-state index contributed by atoms with van der Waals surface area (Å²) >= 11 is 0. The molecule has 6 rings (SSSR count). The summed E-state index contributed by atoms with van der Waals surface area (Å²) in [7, 11) is 1.43. The number of anilines is 2. The molecule has 45 heavy (non-hydrogen) atoms. The number of aromatic nitrogens is 4. The lowest BCUT2D eigenvalue weighted by atomic mass is 10.0. The van der Waals surface area contributed by atoms with E-state index >= 15 is 0 Å². The number of methoxy groups -OCH3 is 1. The Morgan fingerprint density at radius 3 is 2.64 bits per heavy atom. The van der Waals surface area contributed by atoms with E-state index in [1.165, 1.54) is 18.1 Å². The fourth-order valence-electron chi connectivity index (χ4n) is 5.52. The van der Waals surface area contributed by atoms with Crippen molar-refractivity contribution in [3.05, 3.63) is 71.8 Å². The van der Waals surface area contributed by atoms with E-state index in [1.807, 2.05) is 23.0 Å². The molecule has 0 atom stereocenters. The number of hydrogen-bond donors (Lipinski definition) is 2. The number of alkyl halides is 3. The Kier molecular flexibility index (Phi) is 8.10. The van der Waals surface area contributed by atoms with Crippen LogP contribution in [0.2, 0.25) is 0 Å². The van der Waals surface area contributed by atoms with Crippen molar-refractivity contribution >= 4 is 40.3 Å². The van der Waals surface area contributed by atoms with Gasteiger partial charge in [0.05, 0.1) is 24.4 Å². The second-order valence-corrected chi connectivity index (χ2v) is 10.9. The van der Waals surface area contributed by atoms with Crippen molar-refractivity contribution in [2.75, 3.05) is 37.0 Å². The zero-order chi connectivity index (χ0) is 31.7. The second kappa shape index (κ2) is 12.1. The van der Waals surface area contributed by atoms with Crippen molar-refractivity contribution < 1.29 is 32.3 Å². The van der Waals surface area contributed by atoms with Gasteiger partial charge in [-0.05, 0) is 48.7 Å². The number of likely N-dealkylation sites (tertiary alicyclic amines) is 1. The van der Waals surface area contributed by atoms with E-state index in [4.69, 9.17) is 9.84 Å². The van der Waals surface area contributed by atoms with Crippen molar-refractivity contribution in [1.29, 1.82) is 0 Å². The van der Waals surface area contributed by atoms with Gasteiger partial charge in [0.2, 0.25) is 5.91 Å². The van der Waals surface area contributed by atoms with Crippen LogP contribution < -0.4 is 20.3 Å². The summed E-state index contributed by atoms with van der Waals surface area (Å²) in [5.41, 5.74) is 0.424. The average Bonchev–Trinajstić information content (AvgIpc) is 3.43. The quantitative estimate of drug-likeness (QED) is 0.310. The van der Waals surface area contributed by atoms with Gasteiger partial charge in [0, 0.05) is 56.4 Å². The standard InChI is InChI=1S/C30H29F3N8O4/c1-45-24-15-22-19(14-23(24)36-28(43)21-3-2-4-25(35-21)30(31,32)33)17-41(38-22)20-6-10-39(11-7-20)16-18-5-9-34-26(13-18)40-12-8-27(42)37-29(40)44/h2-5,9,13-15,17,20H,6-8,10-12,16H2,1H3,(H,36,43)(H,37,42,44). The number of fused-ring (bicyclic) bond motifs is 1. The number of pyridine rings is 2. The van der Waals surface area contributed by atoms with Crippen LogP contribution in [0, 0.1) is 0 Å². The minimum Gasteiger partial charge on any atom is -0.494 e. The van der Waals surface area contributed by atoms with Gasteiger partial charge in [0.25, 0.3) is 5.91 Å². The van der Waals surface area contributed by atoms with Crippen LogP contribution in [-0.4, -0.2) is 69.2 Å². The molecule has 3 aromatic heterocycles. The number of hydrogen-bond acceptors (Lipinski definition) is 8. The number of urea groups is 1. The Hall–Kier alpha value is -5.05. The Bertz CT molecular complexity index is 1770. The number of imide groups is 1. The van der Waals surface area contributed by atoms with E-state index in [2.05, 4.69) is 25.5 Å². The van der Waals surface area contributed by atoms with Gasteiger partial charge in [-0.3, -0.25) is 29.4 Å². The van der Waals surface area contributed by atoms with Crippen LogP contribution >= 0.6 is 0 Å². The lowest BCUT2D eigenvalue weighted by molar-refractivity contribution is -0.141. The van der Waals surface area contributed by atoms with Gasteiger partial charge in [-0.15, -0.1) is 0 Å². The Morgan fingerprint density at radius 1 is 1.11 bits per heavy atom. The van der Waals surface area contributed by atoms with Crippen LogP contribution in [0.25, 0.3) is 10.9 Å². The summed E-state index contributed by atoms with van der Waals surface area (Å²) in [6.45, 7) is 2.59. The van der Waals surface area contributed by atoms with Crippen LogP contribution in [0.5, 0.6) is 5.75 Å². The third kappa shape index (κ3) is 6.57. The predicted octanol–water partition coefficient (Wildman–Crippen LogP) is 4.39. The molecular weight excluding hydrogens is 593 g/mol. The molecule has 12 nitrogen and oxygen atoms in total. The third-order valence-electron chi connectivity index (χ3n) is 7.84. The lowest BCUT2D eigenvalue weighted by Crippen LogP contribution is -2.49. The molecule has 0 aliphatic carbocycles. The maximum Gasteiger partial charge on any atom is 0.433 e. The number of rotatable bonds is 7. The van der Waals surface area contributed by atoms with E-state index in [1.54, 1.807) is 18.3 Å². The van der Waals surface area contributed by atoms with E-state index in [-0.39, 0.29) is 36.3 Å². The minimum absolute atomic E-state index is 0.134. The number of piperidine rings is 1. The number of halogens is 3. The van der Waals surface area contributed by atoms with Crippen LogP contribution in [-0.2, 0) is 17.5 Å². The first kappa shape index (κ1) is 30.0. The molecule has 0 spiro atoms. The van der Waals surface area contributed by atoms with E-state index in [0.717, 1.165) is 49.0 Å². The number of carbonyl (C=O) groups excluding carboxylic acids is 3. The van der Waals surface area contributed by atoms with Gasteiger partial charge >= 0.3 is 12.2 Å².